The highest BCUT2D eigenvalue weighted by Gasteiger charge is 2.45. The van der Waals surface area contributed by atoms with Crippen LogP contribution in [0.4, 0.5) is 0 Å². The lowest BCUT2D eigenvalue weighted by atomic mass is 9.91. The molecule has 0 bridgehead atoms. The number of piperidine rings is 1. The smallest absolute Gasteiger partial charge is 0.249 e. The van der Waals surface area contributed by atoms with Crippen LogP contribution >= 0.6 is 0 Å². The average Bonchev–Trinajstić information content (AvgIpc) is 2.76. The van der Waals surface area contributed by atoms with Crippen molar-refractivity contribution in [1.29, 1.82) is 0 Å². The number of fused-ring (bicyclic) bond motifs is 1. The quantitative estimate of drug-likeness (QED) is 0.745. The van der Waals surface area contributed by atoms with Crippen LogP contribution in [0.3, 0.4) is 0 Å². The molecule has 0 amide bonds. The van der Waals surface area contributed by atoms with Gasteiger partial charge in [-0.25, -0.2) is 8.42 Å². The third-order valence-corrected chi connectivity index (χ3v) is 7.98. The molecule has 0 saturated carbocycles. The van der Waals surface area contributed by atoms with Crippen LogP contribution in [0.1, 0.15) is 53.3 Å². The second-order valence-corrected chi connectivity index (χ2v) is 9.48. The van der Waals surface area contributed by atoms with Crippen LogP contribution in [0.15, 0.2) is 34.9 Å². The van der Waals surface area contributed by atoms with Crippen LogP contribution < -0.4 is 0 Å². The maximum absolute atomic E-state index is 13.8. The van der Waals surface area contributed by atoms with Crippen LogP contribution in [-0.2, 0) is 14.8 Å². The standard InChI is InChI=1S/C21H26N2O5S/c1-2-15-7-5-6-10-23(15)29(26,27)21-18(22-11-13-28-14-12-22)19(24)16-8-3-4-9-17(16)20(21)25/h3-4,8-9,15H,2,5-7,10-14H2,1H3. The summed E-state index contributed by atoms with van der Waals surface area (Å²) >= 11 is 0. The second-order valence-electron chi connectivity index (χ2n) is 7.65. The minimum Gasteiger partial charge on any atom is -0.378 e. The summed E-state index contributed by atoms with van der Waals surface area (Å²) < 4.78 is 34.4. The van der Waals surface area contributed by atoms with E-state index in [1.165, 1.54) is 10.4 Å². The number of morpholine rings is 1. The van der Waals surface area contributed by atoms with Crippen molar-refractivity contribution < 1.29 is 22.7 Å². The highest BCUT2D eigenvalue weighted by molar-refractivity contribution is 7.94. The summed E-state index contributed by atoms with van der Waals surface area (Å²) in [5.41, 5.74) is 0.444. The monoisotopic (exact) mass is 418 g/mol. The summed E-state index contributed by atoms with van der Waals surface area (Å²) in [6, 6.07) is 6.33. The molecule has 4 rings (SSSR count). The minimum atomic E-state index is -4.11. The molecule has 2 aliphatic heterocycles. The number of rotatable bonds is 4. The molecule has 1 aromatic rings. The number of ether oxygens (including phenoxy) is 1. The first kappa shape index (κ1) is 20.3. The topological polar surface area (TPSA) is 84.0 Å². The fraction of sp³-hybridized carbons (Fsp3) is 0.524. The fourth-order valence-electron chi connectivity index (χ4n) is 4.47. The van der Waals surface area contributed by atoms with E-state index in [0.717, 1.165) is 19.3 Å². The van der Waals surface area contributed by atoms with E-state index in [1.807, 2.05) is 6.92 Å². The van der Waals surface area contributed by atoms with E-state index in [1.54, 1.807) is 23.1 Å². The Morgan fingerprint density at radius 1 is 1.00 bits per heavy atom. The minimum absolute atomic E-state index is 0.0115. The first-order valence-electron chi connectivity index (χ1n) is 10.2. The Morgan fingerprint density at radius 2 is 1.66 bits per heavy atom. The fourth-order valence-corrected chi connectivity index (χ4v) is 6.53. The third-order valence-electron chi connectivity index (χ3n) is 5.99. The van der Waals surface area contributed by atoms with Crippen molar-refractivity contribution in [3.63, 3.8) is 0 Å². The molecule has 29 heavy (non-hydrogen) atoms. The lowest BCUT2D eigenvalue weighted by Crippen LogP contribution is -2.48. The van der Waals surface area contributed by atoms with E-state index in [2.05, 4.69) is 0 Å². The number of carbonyl (C=O) groups excluding carboxylic acids is 2. The molecule has 156 valence electrons. The molecule has 0 radical (unpaired) electrons. The molecule has 7 nitrogen and oxygen atoms in total. The number of carbonyl (C=O) groups is 2. The molecule has 3 aliphatic rings. The van der Waals surface area contributed by atoms with Crippen molar-refractivity contribution in [3.8, 4) is 0 Å². The molecule has 0 N–H and O–H groups in total. The van der Waals surface area contributed by atoms with Gasteiger partial charge in [-0.05, 0) is 19.3 Å². The predicted octanol–water partition coefficient (Wildman–Crippen LogP) is 2.20. The molecule has 8 heteroatoms. The zero-order valence-corrected chi connectivity index (χ0v) is 17.4. The van der Waals surface area contributed by atoms with Crippen molar-refractivity contribution in [2.24, 2.45) is 0 Å². The average molecular weight is 419 g/mol. The predicted molar refractivity (Wildman–Crippen MR) is 108 cm³/mol. The number of Topliss-reactive ketones (excluding diaryl/α,β-unsaturated/α-hetero) is 2. The van der Waals surface area contributed by atoms with E-state index in [4.69, 9.17) is 4.74 Å². The molecule has 0 spiro atoms. The Balaban J connectivity index is 1.89. The number of allylic oxidation sites excluding steroid dienone is 2. The number of nitrogens with zero attached hydrogens (tertiary/aromatic N) is 2. The highest BCUT2D eigenvalue weighted by atomic mass is 32.2. The Kier molecular flexibility index (Phi) is 5.59. The van der Waals surface area contributed by atoms with Gasteiger partial charge in [0.2, 0.25) is 21.6 Å². The molecule has 2 heterocycles. The number of benzene rings is 1. The maximum Gasteiger partial charge on any atom is 0.249 e. The van der Waals surface area contributed by atoms with Crippen molar-refractivity contribution in [3.05, 3.63) is 46.0 Å². The zero-order valence-electron chi connectivity index (χ0n) is 16.6. The largest absolute Gasteiger partial charge is 0.378 e. The molecular formula is C21H26N2O5S. The Bertz CT molecular complexity index is 963. The lowest BCUT2D eigenvalue weighted by molar-refractivity contribution is 0.0498. The molecule has 0 aromatic heterocycles. The van der Waals surface area contributed by atoms with Gasteiger partial charge in [0.1, 0.15) is 5.70 Å². The van der Waals surface area contributed by atoms with Gasteiger partial charge in [0.15, 0.2) is 4.91 Å². The van der Waals surface area contributed by atoms with Crippen molar-refractivity contribution in [1.82, 2.24) is 9.21 Å². The first-order chi connectivity index (χ1) is 14.0. The van der Waals surface area contributed by atoms with Gasteiger partial charge in [-0.2, -0.15) is 4.31 Å². The van der Waals surface area contributed by atoms with Gasteiger partial charge < -0.3 is 9.64 Å². The molecule has 2 fully saturated rings. The highest BCUT2D eigenvalue weighted by Crippen LogP contribution is 2.35. The molecule has 1 unspecified atom stereocenters. The van der Waals surface area contributed by atoms with Gasteiger partial charge in [-0.15, -0.1) is 0 Å². The van der Waals surface area contributed by atoms with Crippen molar-refractivity contribution >= 4 is 21.6 Å². The van der Waals surface area contributed by atoms with Crippen LogP contribution in [0.2, 0.25) is 0 Å². The molecule has 1 atom stereocenters. The Morgan fingerprint density at radius 3 is 2.31 bits per heavy atom. The van der Waals surface area contributed by atoms with Gasteiger partial charge in [0.05, 0.1) is 13.2 Å². The van der Waals surface area contributed by atoms with E-state index in [0.29, 0.717) is 39.3 Å². The Labute approximate surface area is 171 Å². The number of sulfonamides is 1. The van der Waals surface area contributed by atoms with Crippen LogP contribution in [0.5, 0.6) is 0 Å². The van der Waals surface area contributed by atoms with Crippen LogP contribution in [-0.4, -0.2) is 68.1 Å². The zero-order chi connectivity index (χ0) is 20.6. The SMILES string of the molecule is CCC1CCCCN1S(=O)(=O)C1=C(N2CCOCC2)C(=O)c2ccccc2C1=O. The summed E-state index contributed by atoms with van der Waals surface area (Å²) in [5, 5.41) is 0. The summed E-state index contributed by atoms with van der Waals surface area (Å²) in [7, 11) is -4.11. The van der Waals surface area contributed by atoms with E-state index in [9.17, 15) is 18.0 Å². The van der Waals surface area contributed by atoms with E-state index in [-0.39, 0.29) is 27.8 Å². The normalized spacial score (nSPS) is 24.0. The molecular weight excluding hydrogens is 392 g/mol. The number of hydrogen-bond donors (Lipinski definition) is 0. The van der Waals surface area contributed by atoms with Crippen molar-refractivity contribution in [2.75, 3.05) is 32.8 Å². The van der Waals surface area contributed by atoms with E-state index >= 15 is 0 Å². The van der Waals surface area contributed by atoms with Gasteiger partial charge >= 0.3 is 0 Å². The second kappa shape index (κ2) is 8.01. The van der Waals surface area contributed by atoms with E-state index < -0.39 is 21.6 Å². The Hall–Kier alpha value is -2.03. The van der Waals surface area contributed by atoms with Gasteiger partial charge in [-0.1, -0.05) is 37.6 Å². The first-order valence-corrected chi connectivity index (χ1v) is 11.7. The maximum atomic E-state index is 13.8. The summed E-state index contributed by atoms with van der Waals surface area (Å²) in [6.07, 6.45) is 3.18. The molecule has 2 saturated heterocycles. The van der Waals surface area contributed by atoms with Crippen LogP contribution in [0, 0.1) is 0 Å². The molecule has 1 aromatic carbocycles. The summed E-state index contributed by atoms with van der Waals surface area (Å²) in [4.78, 5) is 28.2. The third kappa shape index (κ3) is 3.43. The van der Waals surface area contributed by atoms with Crippen LogP contribution in [0.25, 0.3) is 0 Å². The van der Waals surface area contributed by atoms with Gasteiger partial charge in [0, 0.05) is 36.8 Å². The lowest BCUT2D eigenvalue weighted by Gasteiger charge is -2.38. The van der Waals surface area contributed by atoms with Gasteiger partial charge in [-0.3, -0.25) is 9.59 Å². The summed E-state index contributed by atoms with van der Waals surface area (Å²) in [5.74, 6) is -0.979. The van der Waals surface area contributed by atoms with Gasteiger partial charge in [0.25, 0.3) is 0 Å². The number of hydrogen-bond acceptors (Lipinski definition) is 6. The van der Waals surface area contributed by atoms with Crippen molar-refractivity contribution in [2.45, 2.75) is 38.6 Å². The molecule has 1 aliphatic carbocycles. The summed E-state index contributed by atoms with van der Waals surface area (Å²) in [6.45, 7) is 3.88. The number of ketones is 2.